The van der Waals surface area contributed by atoms with E-state index in [0.29, 0.717) is 0 Å². The molecule has 0 aromatic heterocycles. The third-order valence-corrected chi connectivity index (χ3v) is 2.33. The summed E-state index contributed by atoms with van der Waals surface area (Å²) in [5, 5.41) is 0. The molecule has 1 rings (SSSR count). The second kappa shape index (κ2) is 4.35. The molecule has 0 saturated carbocycles. The molecule has 1 aliphatic rings. The van der Waals surface area contributed by atoms with E-state index in [9.17, 15) is 0 Å². The van der Waals surface area contributed by atoms with E-state index in [1.54, 1.807) is 5.57 Å². The molecular weight excluding hydrogens is 136 g/mol. The predicted molar refractivity (Wildman–Crippen MR) is 49.5 cm³/mol. The number of rotatable bonds is 1. The summed E-state index contributed by atoms with van der Waals surface area (Å²) < 4.78 is 0. The highest BCUT2D eigenvalue weighted by atomic mass is 16.0. The van der Waals surface area contributed by atoms with E-state index >= 15 is 0 Å². The van der Waals surface area contributed by atoms with Gasteiger partial charge in [-0.05, 0) is 39.0 Å². The van der Waals surface area contributed by atoms with E-state index in [0.717, 1.165) is 5.92 Å². The van der Waals surface area contributed by atoms with Crippen molar-refractivity contribution in [2.45, 2.75) is 33.1 Å². The SMILES string of the molecule is C=C(C)C1CC=C(C)CC1.O. The molecule has 1 atom stereocenters. The molecule has 0 heterocycles. The minimum atomic E-state index is 0. The summed E-state index contributed by atoms with van der Waals surface area (Å²) >= 11 is 0. The fraction of sp³-hybridized carbons (Fsp3) is 0.600. The van der Waals surface area contributed by atoms with Gasteiger partial charge in [-0.1, -0.05) is 23.8 Å². The normalized spacial score (nSPS) is 23.5. The van der Waals surface area contributed by atoms with Crippen molar-refractivity contribution in [1.29, 1.82) is 0 Å². The Kier molecular flexibility index (Phi) is 4.12. The third-order valence-electron chi connectivity index (χ3n) is 2.33. The minimum absolute atomic E-state index is 0. The van der Waals surface area contributed by atoms with Gasteiger partial charge in [0.15, 0.2) is 0 Å². The van der Waals surface area contributed by atoms with Gasteiger partial charge in [0.25, 0.3) is 0 Å². The molecule has 64 valence electrons. The summed E-state index contributed by atoms with van der Waals surface area (Å²) in [5.41, 5.74) is 2.90. The summed E-state index contributed by atoms with van der Waals surface area (Å²) in [6, 6.07) is 0. The molecule has 0 amide bonds. The van der Waals surface area contributed by atoms with Crippen LogP contribution in [0, 0.1) is 5.92 Å². The van der Waals surface area contributed by atoms with Crippen LogP contribution < -0.4 is 0 Å². The van der Waals surface area contributed by atoms with Crippen molar-refractivity contribution < 1.29 is 5.48 Å². The van der Waals surface area contributed by atoms with Gasteiger partial charge < -0.3 is 5.48 Å². The van der Waals surface area contributed by atoms with Crippen molar-refractivity contribution in [1.82, 2.24) is 0 Å². The zero-order valence-corrected chi connectivity index (χ0v) is 7.48. The van der Waals surface area contributed by atoms with E-state index in [4.69, 9.17) is 0 Å². The summed E-state index contributed by atoms with van der Waals surface area (Å²) in [7, 11) is 0. The van der Waals surface area contributed by atoms with Crippen LogP contribution in [0.1, 0.15) is 33.1 Å². The second-order valence-electron chi connectivity index (χ2n) is 3.37. The molecule has 0 aliphatic heterocycles. The first-order valence-electron chi connectivity index (χ1n) is 4.01. The number of hydrogen-bond donors (Lipinski definition) is 0. The van der Waals surface area contributed by atoms with Gasteiger partial charge in [0.05, 0.1) is 0 Å². The quantitative estimate of drug-likeness (QED) is 0.520. The summed E-state index contributed by atoms with van der Waals surface area (Å²) in [5.74, 6) is 0.767. The Bertz CT molecular complexity index is 168. The van der Waals surface area contributed by atoms with Crippen LogP contribution in [0.3, 0.4) is 0 Å². The van der Waals surface area contributed by atoms with Gasteiger partial charge in [-0.2, -0.15) is 0 Å². The first-order chi connectivity index (χ1) is 4.70. The Morgan fingerprint density at radius 3 is 2.64 bits per heavy atom. The average molecular weight is 154 g/mol. The van der Waals surface area contributed by atoms with Gasteiger partial charge in [0, 0.05) is 0 Å². The standard InChI is InChI=1S/C10H16.H2O/c1-8(2)10-6-4-9(3)5-7-10;/h4,10H,1,5-7H2,2-3H3;1H2. The van der Waals surface area contributed by atoms with Crippen molar-refractivity contribution in [2.75, 3.05) is 0 Å². The zero-order chi connectivity index (χ0) is 7.56. The maximum Gasteiger partial charge on any atom is -0.0171 e. The van der Waals surface area contributed by atoms with Crippen molar-refractivity contribution in [3.63, 3.8) is 0 Å². The van der Waals surface area contributed by atoms with E-state index < -0.39 is 0 Å². The van der Waals surface area contributed by atoms with Crippen LogP contribution in [-0.4, -0.2) is 5.48 Å². The van der Waals surface area contributed by atoms with Crippen LogP contribution >= 0.6 is 0 Å². The molecule has 0 saturated heterocycles. The first-order valence-corrected chi connectivity index (χ1v) is 4.01. The lowest BCUT2D eigenvalue weighted by atomic mass is 9.86. The second-order valence-corrected chi connectivity index (χ2v) is 3.37. The maximum absolute atomic E-state index is 3.97. The van der Waals surface area contributed by atoms with Crippen molar-refractivity contribution >= 4 is 0 Å². The Balaban J connectivity index is 0.000001000. The fourth-order valence-electron chi connectivity index (χ4n) is 1.41. The van der Waals surface area contributed by atoms with E-state index in [1.807, 2.05) is 0 Å². The lowest BCUT2D eigenvalue weighted by molar-refractivity contribution is 0.540. The van der Waals surface area contributed by atoms with Gasteiger partial charge >= 0.3 is 0 Å². The van der Waals surface area contributed by atoms with Crippen LogP contribution in [-0.2, 0) is 0 Å². The van der Waals surface area contributed by atoms with E-state index in [-0.39, 0.29) is 5.48 Å². The molecule has 1 heteroatoms. The molecule has 0 aromatic carbocycles. The zero-order valence-electron chi connectivity index (χ0n) is 7.48. The highest BCUT2D eigenvalue weighted by Crippen LogP contribution is 2.27. The third kappa shape index (κ3) is 2.89. The Labute approximate surface area is 69.1 Å². The van der Waals surface area contributed by atoms with Crippen molar-refractivity contribution in [2.24, 2.45) is 5.92 Å². The van der Waals surface area contributed by atoms with Crippen LogP contribution in [0.5, 0.6) is 0 Å². The van der Waals surface area contributed by atoms with E-state index in [1.165, 1.54) is 24.8 Å². The topological polar surface area (TPSA) is 31.5 Å². The smallest absolute Gasteiger partial charge is 0.0171 e. The Morgan fingerprint density at radius 2 is 2.27 bits per heavy atom. The largest absolute Gasteiger partial charge is 0.412 e. The van der Waals surface area contributed by atoms with Crippen LogP contribution in [0.4, 0.5) is 0 Å². The lowest BCUT2D eigenvalue weighted by Crippen LogP contribution is -2.04. The van der Waals surface area contributed by atoms with Crippen molar-refractivity contribution in [3.05, 3.63) is 23.8 Å². The molecule has 2 N–H and O–H groups in total. The fourth-order valence-corrected chi connectivity index (χ4v) is 1.41. The van der Waals surface area contributed by atoms with Crippen LogP contribution in [0.25, 0.3) is 0 Å². The monoisotopic (exact) mass is 154 g/mol. The number of hydrogen-bond acceptors (Lipinski definition) is 0. The molecule has 1 aliphatic carbocycles. The summed E-state index contributed by atoms with van der Waals surface area (Å²) in [6.45, 7) is 8.33. The lowest BCUT2D eigenvalue weighted by Gasteiger charge is -2.19. The highest BCUT2D eigenvalue weighted by Gasteiger charge is 2.11. The Hall–Kier alpha value is -0.560. The molecule has 0 radical (unpaired) electrons. The first kappa shape index (κ1) is 10.4. The molecule has 0 fully saturated rings. The van der Waals surface area contributed by atoms with Gasteiger partial charge in [-0.15, -0.1) is 0 Å². The predicted octanol–water partition coefficient (Wildman–Crippen LogP) is 2.48. The summed E-state index contributed by atoms with van der Waals surface area (Å²) in [4.78, 5) is 0. The molecule has 11 heavy (non-hydrogen) atoms. The summed E-state index contributed by atoms with van der Waals surface area (Å²) in [6.07, 6.45) is 6.17. The van der Waals surface area contributed by atoms with Crippen LogP contribution in [0.15, 0.2) is 23.8 Å². The molecule has 1 unspecified atom stereocenters. The molecular formula is C10H18O. The van der Waals surface area contributed by atoms with Crippen molar-refractivity contribution in [3.8, 4) is 0 Å². The molecule has 0 aromatic rings. The molecule has 1 nitrogen and oxygen atoms in total. The number of allylic oxidation sites excluding steroid dienone is 3. The van der Waals surface area contributed by atoms with E-state index in [2.05, 4.69) is 26.5 Å². The highest BCUT2D eigenvalue weighted by molar-refractivity contribution is 5.09. The van der Waals surface area contributed by atoms with Gasteiger partial charge in [0.1, 0.15) is 0 Å². The minimum Gasteiger partial charge on any atom is -0.412 e. The van der Waals surface area contributed by atoms with Gasteiger partial charge in [-0.25, -0.2) is 0 Å². The van der Waals surface area contributed by atoms with Crippen LogP contribution in [0.2, 0.25) is 0 Å². The Morgan fingerprint density at radius 1 is 1.64 bits per heavy atom. The maximum atomic E-state index is 3.97. The van der Waals surface area contributed by atoms with Gasteiger partial charge in [0.2, 0.25) is 0 Å². The van der Waals surface area contributed by atoms with Gasteiger partial charge in [-0.3, -0.25) is 0 Å². The average Bonchev–Trinajstić information content (AvgIpc) is 1.88. The molecule has 0 spiro atoms. The molecule has 0 bridgehead atoms.